The van der Waals surface area contributed by atoms with E-state index in [-0.39, 0.29) is 17.2 Å². The van der Waals surface area contributed by atoms with Crippen LogP contribution < -0.4 is 0 Å². The summed E-state index contributed by atoms with van der Waals surface area (Å²) in [6.07, 6.45) is 17.8. The molecule has 3 N–H and O–H groups in total. The van der Waals surface area contributed by atoms with Crippen LogP contribution in [0.25, 0.3) is 0 Å². The summed E-state index contributed by atoms with van der Waals surface area (Å²) >= 11 is 2.60. The number of aromatic hydroxyl groups is 3. The van der Waals surface area contributed by atoms with Gasteiger partial charge in [-0.05, 0) is 86.8 Å². The highest BCUT2D eigenvalue weighted by atomic mass is 127. The molecule has 0 saturated heterocycles. The van der Waals surface area contributed by atoms with E-state index >= 15 is 0 Å². The zero-order chi connectivity index (χ0) is 20.2. The first kappa shape index (κ1) is 22.0. The number of phenols is 3. The van der Waals surface area contributed by atoms with Gasteiger partial charge in [0.25, 0.3) is 0 Å². The third-order valence-electron chi connectivity index (χ3n) is 7.13. The van der Waals surface area contributed by atoms with Crippen LogP contribution in [0.4, 0.5) is 0 Å². The van der Waals surface area contributed by atoms with E-state index in [2.05, 4.69) is 29.5 Å². The Labute approximate surface area is 184 Å². The fourth-order valence-corrected chi connectivity index (χ4v) is 5.06. The third-order valence-corrected chi connectivity index (χ3v) is 8.75. The van der Waals surface area contributed by atoms with Crippen molar-refractivity contribution >= 4 is 22.6 Å². The molecule has 0 bridgehead atoms. The molecule has 2 fully saturated rings. The molecule has 3 nitrogen and oxygen atoms in total. The van der Waals surface area contributed by atoms with Crippen LogP contribution in [-0.4, -0.2) is 18.7 Å². The topological polar surface area (TPSA) is 60.7 Å². The van der Waals surface area contributed by atoms with Gasteiger partial charge in [0.15, 0.2) is 11.5 Å². The summed E-state index contributed by atoms with van der Waals surface area (Å²) in [4.78, 5) is 0. The molecule has 0 radical (unpaired) electrons. The van der Waals surface area contributed by atoms with Crippen LogP contribution in [0, 0.1) is 5.41 Å². The molecule has 0 amide bonds. The SMILES string of the molecule is CCC1(CCCCCc2cc(CCCCCC3(I)CC3)c(O)c(O)c2O)CC1. The minimum atomic E-state index is -0.334. The highest BCUT2D eigenvalue weighted by Gasteiger charge is 2.39. The fourth-order valence-electron chi connectivity index (χ4n) is 4.41. The highest BCUT2D eigenvalue weighted by Crippen LogP contribution is 2.52. The molecular formula is C24H37IO3. The van der Waals surface area contributed by atoms with E-state index in [9.17, 15) is 15.3 Å². The predicted octanol–water partition coefficient (Wildman–Crippen LogP) is 7.17. The third kappa shape index (κ3) is 5.93. The van der Waals surface area contributed by atoms with Crippen LogP contribution in [0.3, 0.4) is 0 Å². The normalized spacial score (nSPS) is 18.9. The Balaban J connectivity index is 1.44. The van der Waals surface area contributed by atoms with Gasteiger partial charge in [-0.1, -0.05) is 61.6 Å². The number of aryl methyl sites for hydroxylation is 2. The lowest BCUT2D eigenvalue weighted by Crippen LogP contribution is -1.98. The lowest BCUT2D eigenvalue weighted by atomic mass is 9.94. The van der Waals surface area contributed by atoms with Crippen molar-refractivity contribution in [1.82, 2.24) is 0 Å². The molecule has 0 aliphatic heterocycles. The maximum Gasteiger partial charge on any atom is 0.200 e. The van der Waals surface area contributed by atoms with E-state index in [0.29, 0.717) is 8.84 Å². The van der Waals surface area contributed by atoms with Gasteiger partial charge in [0.1, 0.15) is 0 Å². The van der Waals surface area contributed by atoms with Gasteiger partial charge in [0.2, 0.25) is 5.75 Å². The van der Waals surface area contributed by atoms with Gasteiger partial charge < -0.3 is 15.3 Å². The molecule has 28 heavy (non-hydrogen) atoms. The summed E-state index contributed by atoms with van der Waals surface area (Å²) in [5.41, 5.74) is 2.22. The zero-order valence-electron chi connectivity index (χ0n) is 17.4. The van der Waals surface area contributed by atoms with Crippen molar-refractivity contribution in [1.29, 1.82) is 0 Å². The molecule has 2 aliphatic rings. The maximum absolute atomic E-state index is 10.2. The van der Waals surface area contributed by atoms with Crippen molar-refractivity contribution in [3.05, 3.63) is 17.2 Å². The van der Waals surface area contributed by atoms with Crippen molar-refractivity contribution in [3.8, 4) is 17.2 Å². The number of phenolic OH excluding ortho intramolecular Hbond substituents is 3. The zero-order valence-corrected chi connectivity index (χ0v) is 19.6. The molecule has 0 atom stereocenters. The first-order chi connectivity index (χ1) is 13.4. The second kappa shape index (κ2) is 9.44. The minimum Gasteiger partial charge on any atom is -0.504 e. The Bertz CT molecular complexity index is 662. The van der Waals surface area contributed by atoms with Gasteiger partial charge in [-0.2, -0.15) is 0 Å². The van der Waals surface area contributed by atoms with E-state index < -0.39 is 0 Å². The van der Waals surface area contributed by atoms with Gasteiger partial charge in [0.05, 0.1) is 0 Å². The first-order valence-electron chi connectivity index (χ1n) is 11.3. The average molecular weight is 500 g/mol. The van der Waals surface area contributed by atoms with E-state index in [1.807, 2.05) is 6.07 Å². The largest absolute Gasteiger partial charge is 0.504 e. The molecule has 0 heterocycles. The summed E-state index contributed by atoms with van der Waals surface area (Å²) in [5, 5.41) is 30.6. The number of unbranched alkanes of at least 4 members (excludes halogenated alkanes) is 4. The molecule has 2 aliphatic carbocycles. The second-order valence-electron chi connectivity index (χ2n) is 9.37. The lowest BCUT2D eigenvalue weighted by molar-refractivity contribution is 0.361. The molecule has 3 rings (SSSR count). The highest BCUT2D eigenvalue weighted by molar-refractivity contribution is 14.1. The number of rotatable bonds is 13. The fraction of sp³-hybridized carbons (Fsp3) is 0.750. The van der Waals surface area contributed by atoms with Crippen molar-refractivity contribution in [2.45, 2.75) is 107 Å². The molecule has 1 aromatic carbocycles. The Kier molecular flexibility index (Phi) is 7.43. The molecule has 0 aromatic heterocycles. The van der Waals surface area contributed by atoms with E-state index in [1.165, 1.54) is 57.8 Å². The quantitative estimate of drug-likeness (QED) is 0.117. The van der Waals surface area contributed by atoms with Gasteiger partial charge in [-0.3, -0.25) is 0 Å². The van der Waals surface area contributed by atoms with Gasteiger partial charge in [0, 0.05) is 3.42 Å². The van der Waals surface area contributed by atoms with Crippen LogP contribution in [-0.2, 0) is 12.8 Å². The Morgan fingerprint density at radius 1 is 0.750 bits per heavy atom. The molecule has 1 aromatic rings. The maximum atomic E-state index is 10.2. The number of halogens is 1. The summed E-state index contributed by atoms with van der Waals surface area (Å²) < 4.78 is 0.583. The second-order valence-corrected chi connectivity index (χ2v) is 11.7. The monoisotopic (exact) mass is 500 g/mol. The molecular weight excluding hydrogens is 463 g/mol. The van der Waals surface area contributed by atoms with Crippen LogP contribution >= 0.6 is 22.6 Å². The van der Waals surface area contributed by atoms with Crippen LogP contribution in [0.1, 0.15) is 102 Å². The Morgan fingerprint density at radius 2 is 1.29 bits per heavy atom. The van der Waals surface area contributed by atoms with Gasteiger partial charge >= 0.3 is 0 Å². The molecule has 4 heteroatoms. The summed E-state index contributed by atoms with van der Waals surface area (Å²) in [5.74, 6) is -0.596. The van der Waals surface area contributed by atoms with Crippen LogP contribution in [0.15, 0.2) is 6.07 Å². The molecule has 158 valence electrons. The van der Waals surface area contributed by atoms with E-state index in [0.717, 1.165) is 49.7 Å². The minimum absolute atomic E-state index is 0.131. The van der Waals surface area contributed by atoms with Crippen LogP contribution in [0.5, 0.6) is 17.2 Å². The molecule has 2 saturated carbocycles. The van der Waals surface area contributed by atoms with Crippen molar-refractivity contribution in [3.63, 3.8) is 0 Å². The van der Waals surface area contributed by atoms with E-state index in [4.69, 9.17) is 0 Å². The average Bonchev–Trinajstić information content (AvgIpc) is 3.61. The lowest BCUT2D eigenvalue weighted by Gasteiger charge is -2.14. The predicted molar refractivity (Wildman–Crippen MR) is 124 cm³/mol. The van der Waals surface area contributed by atoms with Crippen LogP contribution in [0.2, 0.25) is 0 Å². The van der Waals surface area contributed by atoms with Crippen molar-refractivity contribution in [2.75, 3.05) is 0 Å². The standard InChI is InChI=1S/C24H37IO3/c1-2-23(13-14-23)11-7-3-5-9-18-17-19(21(27)22(28)20(18)26)10-6-4-8-12-24(25)15-16-24/h17,26-28H,2-16H2,1H3. The number of hydrogen-bond donors (Lipinski definition) is 3. The molecule has 0 spiro atoms. The molecule has 0 unspecified atom stereocenters. The Morgan fingerprint density at radius 3 is 1.75 bits per heavy atom. The van der Waals surface area contributed by atoms with Crippen molar-refractivity contribution in [2.24, 2.45) is 5.41 Å². The Hall–Kier alpha value is -0.650. The number of alkyl halides is 1. The van der Waals surface area contributed by atoms with Gasteiger partial charge in [-0.15, -0.1) is 0 Å². The summed E-state index contributed by atoms with van der Waals surface area (Å²) in [7, 11) is 0. The smallest absolute Gasteiger partial charge is 0.200 e. The summed E-state index contributed by atoms with van der Waals surface area (Å²) in [6.45, 7) is 2.30. The van der Waals surface area contributed by atoms with Crippen molar-refractivity contribution < 1.29 is 15.3 Å². The number of hydrogen-bond acceptors (Lipinski definition) is 3. The number of benzene rings is 1. The first-order valence-corrected chi connectivity index (χ1v) is 12.4. The summed E-state index contributed by atoms with van der Waals surface area (Å²) in [6, 6.07) is 1.92. The van der Waals surface area contributed by atoms with Gasteiger partial charge in [-0.25, -0.2) is 0 Å². The van der Waals surface area contributed by atoms with E-state index in [1.54, 1.807) is 0 Å².